The summed E-state index contributed by atoms with van der Waals surface area (Å²) < 4.78 is 5.12. The average Bonchev–Trinajstić information content (AvgIpc) is 2.23. The Morgan fingerprint density at radius 3 is 2.67 bits per heavy atom. The Kier molecular flexibility index (Phi) is 4.49. The highest BCUT2D eigenvalue weighted by Crippen LogP contribution is 2.14. The lowest BCUT2D eigenvalue weighted by atomic mass is 10.0. The van der Waals surface area contributed by atoms with Gasteiger partial charge < -0.3 is 10.1 Å². The van der Waals surface area contributed by atoms with Crippen LogP contribution in [0.25, 0.3) is 0 Å². The van der Waals surface area contributed by atoms with Crippen molar-refractivity contribution in [2.75, 3.05) is 0 Å². The minimum Gasteiger partial charge on any atom is -0.458 e. The molecular formula is C13H18N2O3. The number of ether oxygens (including phenoxy) is 1. The molecule has 0 radical (unpaired) electrons. The molecule has 0 amide bonds. The molecule has 1 aliphatic carbocycles. The Labute approximate surface area is 107 Å². The van der Waals surface area contributed by atoms with Crippen LogP contribution in [-0.4, -0.2) is 23.4 Å². The maximum atomic E-state index is 11.7. The van der Waals surface area contributed by atoms with Crippen molar-refractivity contribution in [2.24, 2.45) is 0 Å². The molecule has 18 heavy (non-hydrogen) atoms. The Bertz CT molecular complexity index is 413. The number of ketones is 1. The maximum absolute atomic E-state index is 11.7. The highest BCUT2D eigenvalue weighted by molar-refractivity contribution is 5.91. The van der Waals surface area contributed by atoms with Crippen LogP contribution in [0, 0.1) is 11.3 Å². The van der Waals surface area contributed by atoms with Crippen LogP contribution in [0.2, 0.25) is 0 Å². The molecular weight excluding hydrogens is 232 g/mol. The minimum atomic E-state index is -1.07. The molecule has 5 nitrogen and oxygen atoms in total. The van der Waals surface area contributed by atoms with Crippen molar-refractivity contribution in [3.05, 3.63) is 11.8 Å². The third-order valence-electron chi connectivity index (χ3n) is 2.31. The van der Waals surface area contributed by atoms with Crippen molar-refractivity contribution in [1.82, 2.24) is 5.32 Å². The number of nitriles is 1. The summed E-state index contributed by atoms with van der Waals surface area (Å²) in [7, 11) is 0. The highest BCUT2D eigenvalue weighted by atomic mass is 16.6. The van der Waals surface area contributed by atoms with E-state index >= 15 is 0 Å². The van der Waals surface area contributed by atoms with E-state index in [0.29, 0.717) is 18.5 Å². The largest absolute Gasteiger partial charge is 0.458 e. The number of nitrogens with zero attached hydrogens (tertiary/aromatic N) is 1. The first-order valence-electron chi connectivity index (χ1n) is 5.94. The van der Waals surface area contributed by atoms with Crippen LogP contribution in [0.3, 0.4) is 0 Å². The third kappa shape index (κ3) is 4.58. The molecule has 5 heteroatoms. The van der Waals surface area contributed by atoms with Crippen LogP contribution in [0.15, 0.2) is 11.8 Å². The zero-order valence-electron chi connectivity index (χ0n) is 10.9. The zero-order valence-corrected chi connectivity index (χ0v) is 10.9. The molecule has 1 aliphatic rings. The molecule has 0 aromatic rings. The molecule has 0 saturated carbocycles. The van der Waals surface area contributed by atoms with Gasteiger partial charge >= 0.3 is 5.97 Å². The molecule has 0 bridgehead atoms. The normalized spacial score (nSPS) is 17.4. The third-order valence-corrected chi connectivity index (χ3v) is 2.31. The highest BCUT2D eigenvalue weighted by Gasteiger charge is 2.26. The van der Waals surface area contributed by atoms with Crippen molar-refractivity contribution < 1.29 is 14.3 Å². The van der Waals surface area contributed by atoms with Crippen LogP contribution in [0.1, 0.15) is 40.0 Å². The fraction of sp³-hybridized carbons (Fsp3) is 0.615. The summed E-state index contributed by atoms with van der Waals surface area (Å²) in [5.74, 6) is -0.603. The van der Waals surface area contributed by atoms with Gasteiger partial charge in [0.15, 0.2) is 5.78 Å². The molecule has 0 heterocycles. The lowest BCUT2D eigenvalue weighted by Gasteiger charge is -2.23. The van der Waals surface area contributed by atoms with Gasteiger partial charge in [-0.3, -0.25) is 4.79 Å². The average molecular weight is 250 g/mol. The molecule has 0 spiro atoms. The number of allylic oxidation sites excluding steroid dienone is 2. The number of esters is 1. The molecule has 0 fully saturated rings. The van der Waals surface area contributed by atoms with Gasteiger partial charge in [0.25, 0.3) is 0 Å². The first-order chi connectivity index (χ1) is 8.31. The fourth-order valence-corrected chi connectivity index (χ4v) is 1.60. The second-order valence-corrected chi connectivity index (χ2v) is 5.23. The Balaban J connectivity index is 2.65. The minimum absolute atomic E-state index is 0.0182. The number of carbonyl (C=O) groups excluding carboxylic acids is 2. The second kappa shape index (κ2) is 5.67. The van der Waals surface area contributed by atoms with Crippen molar-refractivity contribution in [2.45, 2.75) is 51.7 Å². The first-order valence-corrected chi connectivity index (χ1v) is 5.94. The van der Waals surface area contributed by atoms with E-state index in [1.165, 1.54) is 6.08 Å². The van der Waals surface area contributed by atoms with Gasteiger partial charge in [-0.05, 0) is 33.6 Å². The van der Waals surface area contributed by atoms with E-state index in [-0.39, 0.29) is 5.78 Å². The van der Waals surface area contributed by atoms with Gasteiger partial charge in [-0.25, -0.2) is 4.79 Å². The first kappa shape index (κ1) is 14.2. The fourth-order valence-electron chi connectivity index (χ4n) is 1.60. The standard InChI is InChI=1S/C13H18N2O3/c1-13(2,3)18-12(17)11(8-14)15-9-5-4-6-10(16)7-9/h7,11,15H,4-6H2,1-3H3. The number of hydrogen-bond acceptors (Lipinski definition) is 5. The number of nitrogens with one attached hydrogen (secondary N) is 1. The van der Waals surface area contributed by atoms with Gasteiger partial charge in [0.2, 0.25) is 6.04 Å². The molecule has 0 saturated heterocycles. The SMILES string of the molecule is CC(C)(C)OC(=O)C(C#N)NC1=CC(=O)CCC1. The summed E-state index contributed by atoms with van der Waals surface area (Å²) >= 11 is 0. The van der Waals surface area contributed by atoms with E-state index in [4.69, 9.17) is 10.00 Å². The molecule has 98 valence electrons. The van der Waals surface area contributed by atoms with E-state index in [9.17, 15) is 9.59 Å². The smallest absolute Gasteiger partial charge is 0.344 e. The van der Waals surface area contributed by atoms with Crippen molar-refractivity contribution in [3.8, 4) is 6.07 Å². The Hall–Kier alpha value is -1.83. The molecule has 1 unspecified atom stereocenters. The van der Waals surface area contributed by atoms with Crippen LogP contribution < -0.4 is 5.32 Å². The summed E-state index contributed by atoms with van der Waals surface area (Å²) in [6.45, 7) is 5.22. The Morgan fingerprint density at radius 2 is 2.17 bits per heavy atom. The van der Waals surface area contributed by atoms with E-state index < -0.39 is 17.6 Å². The topological polar surface area (TPSA) is 79.2 Å². The molecule has 0 aliphatic heterocycles. The number of carbonyl (C=O) groups is 2. The second-order valence-electron chi connectivity index (χ2n) is 5.23. The van der Waals surface area contributed by atoms with Crippen molar-refractivity contribution >= 4 is 11.8 Å². The number of hydrogen-bond donors (Lipinski definition) is 1. The monoisotopic (exact) mass is 250 g/mol. The van der Waals surface area contributed by atoms with Gasteiger partial charge in [0.1, 0.15) is 5.60 Å². The summed E-state index contributed by atoms with van der Waals surface area (Å²) in [5.41, 5.74) is -0.00591. The summed E-state index contributed by atoms with van der Waals surface area (Å²) in [6, 6.07) is 0.781. The van der Waals surface area contributed by atoms with Gasteiger partial charge in [-0.15, -0.1) is 0 Å². The van der Waals surface area contributed by atoms with E-state index in [1.807, 2.05) is 6.07 Å². The van der Waals surface area contributed by atoms with Crippen LogP contribution >= 0.6 is 0 Å². The van der Waals surface area contributed by atoms with Crippen molar-refractivity contribution in [3.63, 3.8) is 0 Å². The predicted octanol–water partition coefficient (Wildman–Crippen LogP) is 1.45. The maximum Gasteiger partial charge on any atom is 0.344 e. The molecule has 1 atom stereocenters. The summed E-state index contributed by atoms with van der Waals surface area (Å²) in [6.07, 6.45) is 3.39. The van der Waals surface area contributed by atoms with Gasteiger partial charge in [-0.2, -0.15) is 5.26 Å². The van der Waals surface area contributed by atoms with E-state index in [0.717, 1.165) is 6.42 Å². The van der Waals surface area contributed by atoms with E-state index in [2.05, 4.69) is 5.32 Å². The van der Waals surface area contributed by atoms with Crippen LogP contribution in [0.4, 0.5) is 0 Å². The lowest BCUT2D eigenvalue weighted by Crippen LogP contribution is -2.40. The van der Waals surface area contributed by atoms with E-state index in [1.54, 1.807) is 20.8 Å². The molecule has 1 rings (SSSR count). The summed E-state index contributed by atoms with van der Waals surface area (Å²) in [4.78, 5) is 23.0. The number of rotatable bonds is 3. The Morgan fingerprint density at radius 1 is 1.50 bits per heavy atom. The predicted molar refractivity (Wildman–Crippen MR) is 65.3 cm³/mol. The van der Waals surface area contributed by atoms with Gasteiger partial charge in [-0.1, -0.05) is 0 Å². The van der Waals surface area contributed by atoms with Crippen LogP contribution in [-0.2, 0) is 14.3 Å². The lowest BCUT2D eigenvalue weighted by molar-refractivity contribution is -0.155. The van der Waals surface area contributed by atoms with Gasteiger partial charge in [0.05, 0.1) is 6.07 Å². The zero-order chi connectivity index (χ0) is 13.8. The van der Waals surface area contributed by atoms with Crippen molar-refractivity contribution in [1.29, 1.82) is 5.26 Å². The quantitative estimate of drug-likeness (QED) is 0.767. The molecule has 0 aromatic carbocycles. The summed E-state index contributed by atoms with van der Waals surface area (Å²) in [5, 5.41) is 11.7. The molecule has 1 N–H and O–H groups in total. The van der Waals surface area contributed by atoms with Gasteiger partial charge in [0, 0.05) is 18.2 Å². The van der Waals surface area contributed by atoms with Crippen LogP contribution in [0.5, 0.6) is 0 Å². The molecule has 0 aromatic heterocycles.